The van der Waals surface area contributed by atoms with Crippen LogP contribution in [0.15, 0.2) is 16.6 Å². The summed E-state index contributed by atoms with van der Waals surface area (Å²) < 4.78 is 23.8. The highest BCUT2D eigenvalue weighted by molar-refractivity contribution is 9.10. The minimum atomic E-state index is -1.01. The van der Waals surface area contributed by atoms with Gasteiger partial charge in [0, 0.05) is 4.47 Å². The van der Waals surface area contributed by atoms with Crippen molar-refractivity contribution in [2.75, 3.05) is 14.2 Å². The van der Waals surface area contributed by atoms with Crippen LogP contribution in [-0.2, 0) is 14.3 Å². The lowest BCUT2D eigenvalue weighted by molar-refractivity contribution is -0.132. The van der Waals surface area contributed by atoms with E-state index in [0.717, 1.165) is 10.0 Å². The van der Waals surface area contributed by atoms with Gasteiger partial charge >= 0.3 is 0 Å². The topological polar surface area (TPSA) is 57.3 Å². The van der Waals surface area contributed by atoms with E-state index < -0.39 is 22.9 Å². The molecule has 23 heavy (non-hydrogen) atoms. The first-order valence-electron chi connectivity index (χ1n) is 7.45. The van der Waals surface area contributed by atoms with E-state index >= 15 is 0 Å². The van der Waals surface area contributed by atoms with Crippen LogP contribution in [0.5, 0.6) is 11.5 Å². The van der Waals surface area contributed by atoms with Crippen molar-refractivity contribution in [2.24, 2.45) is 0 Å². The van der Waals surface area contributed by atoms with Crippen LogP contribution in [-0.4, -0.2) is 36.8 Å². The standard InChI is InChI=1S/C17H21BrO5/c1-15(2)14(19)17(16(3,4)23-15)13(22-17)12-10(20-5)7-9(18)8-11(12)21-6/h7-8,13H,1-6H3/t13-,17-/m1/s1. The number of Topliss-reactive ketones (excluding diaryl/α,β-unsaturated/α-hetero) is 1. The molecule has 0 saturated carbocycles. The van der Waals surface area contributed by atoms with Crippen LogP contribution < -0.4 is 9.47 Å². The molecule has 2 saturated heterocycles. The van der Waals surface area contributed by atoms with Crippen molar-refractivity contribution >= 4 is 21.7 Å². The van der Waals surface area contributed by atoms with E-state index in [1.54, 1.807) is 28.1 Å². The van der Waals surface area contributed by atoms with E-state index in [-0.39, 0.29) is 5.78 Å². The molecule has 0 amide bonds. The lowest BCUT2D eigenvalue weighted by Crippen LogP contribution is -2.41. The van der Waals surface area contributed by atoms with E-state index in [1.807, 2.05) is 26.0 Å². The molecular weight excluding hydrogens is 364 g/mol. The van der Waals surface area contributed by atoms with Gasteiger partial charge in [-0.15, -0.1) is 0 Å². The van der Waals surface area contributed by atoms with Crippen LogP contribution >= 0.6 is 15.9 Å². The zero-order valence-electron chi connectivity index (χ0n) is 14.2. The van der Waals surface area contributed by atoms with Crippen molar-refractivity contribution in [3.8, 4) is 11.5 Å². The lowest BCUT2D eigenvalue weighted by Gasteiger charge is -2.24. The Labute approximate surface area is 144 Å². The fraction of sp³-hybridized carbons (Fsp3) is 0.588. The SMILES string of the molecule is COc1cc(Br)cc(OC)c1[C@H]1O[C@@]12C(=O)C(C)(C)OC2(C)C. The van der Waals surface area contributed by atoms with Gasteiger partial charge in [0.2, 0.25) is 5.78 Å². The van der Waals surface area contributed by atoms with Gasteiger partial charge in [-0.05, 0) is 39.8 Å². The van der Waals surface area contributed by atoms with Gasteiger partial charge in [0.25, 0.3) is 0 Å². The first kappa shape index (κ1) is 16.7. The highest BCUT2D eigenvalue weighted by Gasteiger charge is 2.79. The molecule has 0 N–H and O–H groups in total. The van der Waals surface area contributed by atoms with Gasteiger partial charge in [0.15, 0.2) is 5.60 Å². The molecule has 2 heterocycles. The van der Waals surface area contributed by atoms with Gasteiger partial charge in [-0.1, -0.05) is 15.9 Å². The number of hydrogen-bond acceptors (Lipinski definition) is 5. The Kier molecular flexibility index (Phi) is 3.60. The van der Waals surface area contributed by atoms with Gasteiger partial charge < -0.3 is 18.9 Å². The molecule has 1 aromatic carbocycles. The molecule has 1 aromatic rings. The third kappa shape index (κ3) is 2.15. The van der Waals surface area contributed by atoms with Gasteiger partial charge in [-0.25, -0.2) is 0 Å². The molecule has 5 nitrogen and oxygen atoms in total. The Morgan fingerprint density at radius 1 is 1.09 bits per heavy atom. The number of hydrogen-bond donors (Lipinski definition) is 0. The minimum Gasteiger partial charge on any atom is -0.496 e. The third-order valence-electron chi connectivity index (χ3n) is 4.68. The Bertz CT molecular complexity index is 657. The minimum absolute atomic E-state index is 0.0491. The first-order chi connectivity index (χ1) is 10.6. The van der Waals surface area contributed by atoms with Crippen molar-refractivity contribution in [1.82, 2.24) is 0 Å². The van der Waals surface area contributed by atoms with E-state index in [2.05, 4.69) is 15.9 Å². The van der Waals surface area contributed by atoms with Crippen LogP contribution in [0.3, 0.4) is 0 Å². The van der Waals surface area contributed by atoms with E-state index in [9.17, 15) is 4.79 Å². The second-order valence-electron chi connectivity index (χ2n) is 6.91. The Balaban J connectivity index is 2.12. The molecule has 0 bridgehead atoms. The van der Waals surface area contributed by atoms with Crippen LogP contribution in [0, 0.1) is 0 Å². The van der Waals surface area contributed by atoms with Crippen molar-refractivity contribution in [3.05, 3.63) is 22.2 Å². The molecule has 2 aliphatic heterocycles. The Morgan fingerprint density at radius 2 is 1.61 bits per heavy atom. The number of rotatable bonds is 3. The molecule has 0 aromatic heterocycles. The predicted molar refractivity (Wildman–Crippen MR) is 88.1 cm³/mol. The summed E-state index contributed by atoms with van der Waals surface area (Å²) in [5, 5.41) is 0. The summed E-state index contributed by atoms with van der Waals surface area (Å²) in [5.41, 5.74) is -1.89. The van der Waals surface area contributed by atoms with Crippen LogP contribution in [0.4, 0.5) is 0 Å². The van der Waals surface area contributed by atoms with Crippen molar-refractivity contribution < 1.29 is 23.7 Å². The fourth-order valence-electron chi connectivity index (χ4n) is 3.69. The highest BCUT2D eigenvalue weighted by atomic mass is 79.9. The summed E-state index contributed by atoms with van der Waals surface area (Å²) in [4.78, 5) is 12.9. The van der Waals surface area contributed by atoms with Crippen LogP contribution in [0.2, 0.25) is 0 Å². The molecule has 2 aliphatic rings. The number of carbonyl (C=O) groups is 1. The number of carbonyl (C=O) groups excluding carboxylic acids is 1. The van der Waals surface area contributed by atoms with Crippen molar-refractivity contribution in [3.63, 3.8) is 0 Å². The van der Waals surface area contributed by atoms with Crippen molar-refractivity contribution in [2.45, 2.75) is 50.6 Å². The molecular formula is C17H21BrO5. The van der Waals surface area contributed by atoms with Gasteiger partial charge in [-0.2, -0.15) is 0 Å². The zero-order valence-corrected chi connectivity index (χ0v) is 15.7. The molecule has 0 radical (unpaired) electrons. The smallest absolute Gasteiger partial charge is 0.201 e. The molecule has 3 rings (SSSR count). The van der Waals surface area contributed by atoms with E-state index in [0.29, 0.717) is 11.5 Å². The summed E-state index contributed by atoms with van der Waals surface area (Å²) in [6.45, 7) is 7.33. The molecule has 1 spiro atoms. The number of ketones is 1. The lowest BCUT2D eigenvalue weighted by atomic mass is 9.80. The van der Waals surface area contributed by atoms with Crippen molar-refractivity contribution in [1.29, 1.82) is 0 Å². The summed E-state index contributed by atoms with van der Waals surface area (Å²) in [5.74, 6) is 1.19. The number of methoxy groups -OCH3 is 2. The van der Waals surface area contributed by atoms with Gasteiger partial charge in [0.05, 0.1) is 19.8 Å². The van der Waals surface area contributed by atoms with Gasteiger partial charge in [-0.3, -0.25) is 4.79 Å². The van der Waals surface area contributed by atoms with Gasteiger partial charge in [0.1, 0.15) is 28.8 Å². The molecule has 0 unspecified atom stereocenters. The molecule has 0 aliphatic carbocycles. The molecule has 126 valence electrons. The second-order valence-corrected chi connectivity index (χ2v) is 7.83. The average molecular weight is 385 g/mol. The zero-order chi connectivity index (χ0) is 17.2. The van der Waals surface area contributed by atoms with E-state index in [4.69, 9.17) is 18.9 Å². The molecule has 2 atom stereocenters. The molecule has 2 fully saturated rings. The third-order valence-corrected chi connectivity index (χ3v) is 5.13. The number of benzene rings is 1. The maximum atomic E-state index is 12.9. The largest absolute Gasteiger partial charge is 0.496 e. The normalized spacial score (nSPS) is 30.6. The molecule has 6 heteroatoms. The number of halogens is 1. The highest BCUT2D eigenvalue weighted by Crippen LogP contribution is 2.66. The quantitative estimate of drug-likeness (QED) is 0.747. The number of epoxide rings is 1. The monoisotopic (exact) mass is 384 g/mol. The first-order valence-corrected chi connectivity index (χ1v) is 8.24. The predicted octanol–water partition coefficient (Wildman–Crippen LogP) is 3.43. The van der Waals surface area contributed by atoms with E-state index in [1.165, 1.54) is 0 Å². The summed E-state index contributed by atoms with van der Waals surface area (Å²) >= 11 is 3.43. The Morgan fingerprint density at radius 3 is 2.00 bits per heavy atom. The second kappa shape index (κ2) is 4.94. The average Bonchev–Trinajstić information content (AvgIpc) is 3.18. The fourth-order valence-corrected chi connectivity index (χ4v) is 4.11. The summed E-state index contributed by atoms with van der Waals surface area (Å²) in [7, 11) is 3.17. The summed E-state index contributed by atoms with van der Waals surface area (Å²) in [6.07, 6.45) is -0.454. The summed E-state index contributed by atoms with van der Waals surface area (Å²) in [6, 6.07) is 3.68. The number of ether oxygens (including phenoxy) is 4. The maximum absolute atomic E-state index is 12.9. The van der Waals surface area contributed by atoms with Crippen LogP contribution in [0.25, 0.3) is 0 Å². The van der Waals surface area contributed by atoms with Crippen LogP contribution in [0.1, 0.15) is 39.4 Å². The Hall–Kier alpha value is -1.11. The maximum Gasteiger partial charge on any atom is 0.201 e.